The number of hydrogen-bond acceptors (Lipinski definition) is 3. The molecule has 1 saturated carbocycles. The van der Waals surface area contributed by atoms with Crippen molar-refractivity contribution in [3.63, 3.8) is 0 Å². The molecule has 0 aliphatic heterocycles. The predicted octanol–water partition coefficient (Wildman–Crippen LogP) is 2.58. The van der Waals surface area contributed by atoms with Gasteiger partial charge in [-0.25, -0.2) is 0 Å². The summed E-state index contributed by atoms with van der Waals surface area (Å²) in [4.78, 5) is 0. The third-order valence-corrected chi connectivity index (χ3v) is 3.15. The molecule has 0 aromatic heterocycles. The van der Waals surface area contributed by atoms with E-state index in [2.05, 4.69) is 39.9 Å². The van der Waals surface area contributed by atoms with Gasteiger partial charge in [-0.2, -0.15) is 0 Å². The van der Waals surface area contributed by atoms with Crippen LogP contribution in [0.1, 0.15) is 53.9 Å². The lowest BCUT2D eigenvalue weighted by Gasteiger charge is -2.34. The molecule has 0 saturated heterocycles. The summed E-state index contributed by atoms with van der Waals surface area (Å²) in [6.45, 7) is 13.0. The molecule has 1 aliphatic rings. The van der Waals surface area contributed by atoms with Gasteiger partial charge in [0.05, 0.1) is 12.7 Å². The molecule has 0 bridgehead atoms. The van der Waals surface area contributed by atoms with E-state index in [9.17, 15) is 5.11 Å². The van der Waals surface area contributed by atoms with Crippen LogP contribution >= 0.6 is 0 Å². The average molecular weight is 257 g/mol. The maximum absolute atomic E-state index is 9.86. The predicted molar refractivity (Wildman–Crippen MR) is 75.7 cm³/mol. The summed E-state index contributed by atoms with van der Waals surface area (Å²) in [6.07, 6.45) is 3.28. The quantitative estimate of drug-likeness (QED) is 0.702. The highest BCUT2D eigenvalue weighted by molar-refractivity contribution is 4.84. The van der Waals surface area contributed by atoms with Gasteiger partial charge in [0.15, 0.2) is 0 Å². The summed E-state index contributed by atoms with van der Waals surface area (Å²) in [7, 11) is 0. The Balaban J connectivity index is 2.12. The minimum atomic E-state index is -0.400. The standard InChI is InChI=1S/C15H31NO2/c1-14(2,3)11-15(4,5)16-8-13(17)10-18-9-12-6-7-12/h12-13,16-17H,6-11H2,1-5H3. The summed E-state index contributed by atoms with van der Waals surface area (Å²) >= 11 is 0. The van der Waals surface area contributed by atoms with Crippen molar-refractivity contribution in [2.75, 3.05) is 19.8 Å². The van der Waals surface area contributed by atoms with E-state index >= 15 is 0 Å². The second kappa shape index (κ2) is 6.36. The topological polar surface area (TPSA) is 41.5 Å². The van der Waals surface area contributed by atoms with Crippen molar-refractivity contribution >= 4 is 0 Å². The first-order valence-electron chi connectivity index (χ1n) is 7.19. The normalized spacial score (nSPS) is 19.0. The fraction of sp³-hybridized carbons (Fsp3) is 1.00. The van der Waals surface area contributed by atoms with Gasteiger partial charge in [-0.15, -0.1) is 0 Å². The molecule has 0 heterocycles. The van der Waals surface area contributed by atoms with Gasteiger partial charge in [-0.1, -0.05) is 20.8 Å². The van der Waals surface area contributed by atoms with Gasteiger partial charge in [0.1, 0.15) is 0 Å². The SMILES string of the molecule is CC(C)(C)CC(C)(C)NCC(O)COCC1CC1. The van der Waals surface area contributed by atoms with E-state index < -0.39 is 6.10 Å². The number of β-amino-alcohol motifs (C(OH)–C–C–N with tert-alkyl or cyclic N) is 1. The van der Waals surface area contributed by atoms with Crippen molar-refractivity contribution in [3.8, 4) is 0 Å². The first kappa shape index (κ1) is 15.9. The molecule has 0 spiro atoms. The van der Waals surface area contributed by atoms with Gasteiger partial charge in [-0.3, -0.25) is 0 Å². The third kappa shape index (κ3) is 8.06. The van der Waals surface area contributed by atoms with E-state index in [1.165, 1.54) is 12.8 Å². The fourth-order valence-corrected chi connectivity index (χ4v) is 2.50. The Morgan fingerprint density at radius 2 is 1.83 bits per heavy atom. The molecule has 1 atom stereocenters. The number of ether oxygens (including phenoxy) is 1. The third-order valence-electron chi connectivity index (χ3n) is 3.15. The van der Waals surface area contributed by atoms with Crippen LogP contribution < -0.4 is 5.32 Å². The maximum Gasteiger partial charge on any atom is 0.0897 e. The van der Waals surface area contributed by atoms with Crippen molar-refractivity contribution in [1.29, 1.82) is 0 Å². The zero-order valence-electron chi connectivity index (χ0n) is 12.8. The molecule has 0 aromatic carbocycles. The zero-order valence-corrected chi connectivity index (χ0v) is 12.8. The molecule has 1 rings (SSSR count). The molecule has 1 aliphatic carbocycles. The Labute approximate surface area is 112 Å². The summed E-state index contributed by atoms with van der Waals surface area (Å²) in [6, 6.07) is 0. The van der Waals surface area contributed by atoms with E-state index in [4.69, 9.17) is 4.74 Å². The fourth-order valence-electron chi connectivity index (χ4n) is 2.50. The van der Waals surface area contributed by atoms with Gasteiger partial charge in [0.25, 0.3) is 0 Å². The van der Waals surface area contributed by atoms with Crippen LogP contribution in [-0.4, -0.2) is 36.5 Å². The second-order valence-corrected chi connectivity index (χ2v) is 7.64. The van der Waals surface area contributed by atoms with E-state index in [0.717, 1.165) is 18.9 Å². The Morgan fingerprint density at radius 1 is 1.22 bits per heavy atom. The van der Waals surface area contributed by atoms with Gasteiger partial charge < -0.3 is 15.2 Å². The lowest BCUT2D eigenvalue weighted by molar-refractivity contribution is 0.0280. The van der Waals surface area contributed by atoms with Crippen LogP contribution in [-0.2, 0) is 4.74 Å². The lowest BCUT2D eigenvalue weighted by Crippen LogP contribution is -2.46. The first-order valence-corrected chi connectivity index (χ1v) is 7.19. The van der Waals surface area contributed by atoms with E-state index in [1.807, 2.05) is 0 Å². The summed E-state index contributed by atoms with van der Waals surface area (Å²) in [5, 5.41) is 13.3. The summed E-state index contributed by atoms with van der Waals surface area (Å²) < 4.78 is 5.50. The molecule has 18 heavy (non-hydrogen) atoms. The van der Waals surface area contributed by atoms with Crippen LogP contribution in [0.2, 0.25) is 0 Å². The van der Waals surface area contributed by atoms with Crippen molar-refractivity contribution < 1.29 is 9.84 Å². The molecule has 0 amide bonds. The molecule has 2 N–H and O–H groups in total. The molecule has 1 unspecified atom stereocenters. The van der Waals surface area contributed by atoms with E-state index in [1.54, 1.807) is 0 Å². The molecular formula is C15H31NO2. The van der Waals surface area contributed by atoms with E-state index in [0.29, 0.717) is 18.6 Å². The Morgan fingerprint density at radius 3 is 2.33 bits per heavy atom. The summed E-state index contributed by atoms with van der Waals surface area (Å²) in [5.41, 5.74) is 0.347. The first-order chi connectivity index (χ1) is 8.18. The van der Waals surface area contributed by atoms with Crippen molar-refractivity contribution in [3.05, 3.63) is 0 Å². The molecule has 0 radical (unpaired) electrons. The molecule has 108 valence electrons. The zero-order chi connectivity index (χ0) is 13.8. The van der Waals surface area contributed by atoms with Crippen LogP contribution in [0.4, 0.5) is 0 Å². The highest BCUT2D eigenvalue weighted by Gasteiger charge is 2.26. The molecule has 1 fully saturated rings. The van der Waals surface area contributed by atoms with Crippen LogP contribution in [0.15, 0.2) is 0 Å². The van der Waals surface area contributed by atoms with E-state index in [-0.39, 0.29) is 5.54 Å². The lowest BCUT2D eigenvalue weighted by atomic mass is 9.82. The Bertz CT molecular complexity index is 241. The van der Waals surface area contributed by atoms with Crippen LogP contribution in [0.5, 0.6) is 0 Å². The molecular weight excluding hydrogens is 226 g/mol. The van der Waals surface area contributed by atoms with Gasteiger partial charge in [0, 0.05) is 18.7 Å². The molecule has 3 heteroatoms. The monoisotopic (exact) mass is 257 g/mol. The van der Waals surface area contributed by atoms with Crippen LogP contribution in [0.25, 0.3) is 0 Å². The molecule has 0 aromatic rings. The van der Waals surface area contributed by atoms with Crippen LogP contribution in [0.3, 0.4) is 0 Å². The molecule has 3 nitrogen and oxygen atoms in total. The van der Waals surface area contributed by atoms with Crippen molar-refractivity contribution in [1.82, 2.24) is 5.32 Å². The minimum Gasteiger partial charge on any atom is -0.389 e. The Hall–Kier alpha value is -0.120. The minimum absolute atomic E-state index is 0.0513. The number of nitrogens with one attached hydrogen (secondary N) is 1. The number of aliphatic hydroxyl groups is 1. The number of aliphatic hydroxyl groups excluding tert-OH is 1. The number of rotatable bonds is 8. The summed E-state index contributed by atoms with van der Waals surface area (Å²) in [5.74, 6) is 0.766. The van der Waals surface area contributed by atoms with Gasteiger partial charge in [-0.05, 0) is 44.4 Å². The van der Waals surface area contributed by atoms with Gasteiger partial charge in [0.2, 0.25) is 0 Å². The van der Waals surface area contributed by atoms with Gasteiger partial charge >= 0.3 is 0 Å². The average Bonchev–Trinajstić information content (AvgIpc) is 2.95. The highest BCUT2D eigenvalue weighted by Crippen LogP contribution is 2.29. The smallest absolute Gasteiger partial charge is 0.0897 e. The second-order valence-electron chi connectivity index (χ2n) is 7.64. The van der Waals surface area contributed by atoms with Crippen molar-refractivity contribution in [2.45, 2.75) is 65.5 Å². The maximum atomic E-state index is 9.86. The highest BCUT2D eigenvalue weighted by atomic mass is 16.5. The Kier molecular flexibility index (Phi) is 5.63. The largest absolute Gasteiger partial charge is 0.389 e. The number of hydrogen-bond donors (Lipinski definition) is 2. The van der Waals surface area contributed by atoms with Crippen molar-refractivity contribution in [2.24, 2.45) is 11.3 Å². The van der Waals surface area contributed by atoms with Crippen LogP contribution in [0, 0.1) is 11.3 Å².